The molecule has 0 unspecified atom stereocenters. The topological polar surface area (TPSA) is 38.3 Å². The number of carbonyl (C=O) groups excluding carboxylic acids is 1. The number of benzene rings is 2. The first-order chi connectivity index (χ1) is 11.1. The van der Waals surface area contributed by atoms with E-state index in [0.717, 1.165) is 22.6 Å². The Morgan fingerprint density at radius 3 is 2.35 bits per heavy atom. The molecule has 3 nitrogen and oxygen atoms in total. The van der Waals surface area contributed by atoms with Gasteiger partial charge in [0.15, 0.2) is 0 Å². The summed E-state index contributed by atoms with van der Waals surface area (Å²) in [6.45, 7) is 4.15. The van der Waals surface area contributed by atoms with E-state index in [1.165, 1.54) is 17.3 Å². The van der Waals surface area contributed by atoms with E-state index >= 15 is 0 Å². The average molecular weight is 329 g/mol. The third kappa shape index (κ3) is 5.32. The molecule has 23 heavy (non-hydrogen) atoms. The molecule has 2 aromatic carbocycles. The summed E-state index contributed by atoms with van der Waals surface area (Å²) in [6.07, 6.45) is 0.877. The number of rotatable bonds is 7. The zero-order valence-corrected chi connectivity index (χ0v) is 14.7. The quantitative estimate of drug-likeness (QED) is 0.767. The van der Waals surface area contributed by atoms with E-state index in [2.05, 4.69) is 43.4 Å². The van der Waals surface area contributed by atoms with E-state index in [-0.39, 0.29) is 11.9 Å². The molecule has 1 atom stereocenters. The highest BCUT2D eigenvalue weighted by Crippen LogP contribution is 2.22. The van der Waals surface area contributed by atoms with Crippen molar-refractivity contribution in [3.8, 4) is 5.75 Å². The predicted molar refractivity (Wildman–Crippen MR) is 96.1 cm³/mol. The molecule has 0 aliphatic rings. The summed E-state index contributed by atoms with van der Waals surface area (Å²) in [7, 11) is 1.64. The Bertz CT molecular complexity index is 623. The number of nitrogens with one attached hydrogen (secondary N) is 1. The smallest absolute Gasteiger partial charge is 0.230 e. The number of hydrogen-bond acceptors (Lipinski definition) is 3. The van der Waals surface area contributed by atoms with Gasteiger partial charge in [-0.2, -0.15) is 0 Å². The van der Waals surface area contributed by atoms with Gasteiger partial charge in [-0.05, 0) is 43.2 Å². The van der Waals surface area contributed by atoms with Crippen molar-refractivity contribution in [3.63, 3.8) is 0 Å². The van der Waals surface area contributed by atoms with Crippen LogP contribution in [-0.4, -0.2) is 18.8 Å². The van der Waals surface area contributed by atoms with Crippen LogP contribution >= 0.6 is 11.8 Å². The van der Waals surface area contributed by atoms with E-state index < -0.39 is 0 Å². The second kappa shape index (κ2) is 8.63. The van der Waals surface area contributed by atoms with Crippen LogP contribution in [0.4, 0.5) is 0 Å². The van der Waals surface area contributed by atoms with Crippen molar-refractivity contribution in [2.45, 2.75) is 31.2 Å². The molecular weight excluding hydrogens is 306 g/mol. The van der Waals surface area contributed by atoms with Crippen molar-refractivity contribution < 1.29 is 9.53 Å². The molecule has 4 heteroatoms. The van der Waals surface area contributed by atoms with Crippen LogP contribution in [0.1, 0.15) is 30.5 Å². The fourth-order valence-corrected chi connectivity index (χ4v) is 2.99. The molecule has 2 rings (SSSR count). The van der Waals surface area contributed by atoms with Crippen molar-refractivity contribution in [2.75, 3.05) is 12.9 Å². The van der Waals surface area contributed by atoms with Gasteiger partial charge >= 0.3 is 0 Å². The normalized spacial score (nSPS) is 11.8. The zero-order chi connectivity index (χ0) is 16.7. The van der Waals surface area contributed by atoms with Gasteiger partial charge in [0.05, 0.1) is 18.9 Å². The molecule has 0 aliphatic heterocycles. The fraction of sp³-hybridized carbons (Fsp3) is 0.316. The van der Waals surface area contributed by atoms with Crippen LogP contribution < -0.4 is 10.1 Å². The van der Waals surface area contributed by atoms with Crippen LogP contribution in [0.3, 0.4) is 0 Å². The zero-order valence-electron chi connectivity index (χ0n) is 13.8. The summed E-state index contributed by atoms with van der Waals surface area (Å²) < 4.78 is 5.13. The Balaban J connectivity index is 1.88. The molecule has 122 valence electrons. The molecule has 0 fully saturated rings. The summed E-state index contributed by atoms with van der Waals surface area (Å²) in [6, 6.07) is 16.1. The first-order valence-corrected chi connectivity index (χ1v) is 8.73. The molecule has 0 heterocycles. The molecule has 0 saturated carbocycles. The van der Waals surface area contributed by atoms with Gasteiger partial charge in [-0.1, -0.05) is 36.8 Å². The molecule has 2 aromatic rings. The Kier molecular flexibility index (Phi) is 6.53. The monoisotopic (exact) mass is 329 g/mol. The third-order valence-corrected chi connectivity index (χ3v) is 4.66. The fourth-order valence-electron chi connectivity index (χ4n) is 2.28. The lowest BCUT2D eigenvalue weighted by atomic mass is 10.0. The van der Waals surface area contributed by atoms with Crippen molar-refractivity contribution in [1.82, 2.24) is 5.32 Å². The van der Waals surface area contributed by atoms with Crippen LogP contribution in [0.2, 0.25) is 0 Å². The van der Waals surface area contributed by atoms with Crippen LogP contribution in [-0.2, 0) is 4.79 Å². The highest BCUT2D eigenvalue weighted by Gasteiger charge is 2.12. The Morgan fingerprint density at radius 2 is 1.78 bits per heavy atom. The Morgan fingerprint density at radius 1 is 1.13 bits per heavy atom. The van der Waals surface area contributed by atoms with Crippen molar-refractivity contribution >= 4 is 17.7 Å². The van der Waals surface area contributed by atoms with Crippen molar-refractivity contribution in [3.05, 3.63) is 59.7 Å². The SMILES string of the molecule is CC[C@@H](NC(=O)CSc1ccc(OC)cc1)c1ccc(C)cc1. The van der Waals surface area contributed by atoms with E-state index in [1.54, 1.807) is 7.11 Å². The number of thioether (sulfide) groups is 1. The van der Waals surface area contributed by atoms with Gasteiger partial charge in [-0.3, -0.25) is 4.79 Å². The molecule has 0 radical (unpaired) electrons. The van der Waals surface area contributed by atoms with Gasteiger partial charge in [0.1, 0.15) is 5.75 Å². The first kappa shape index (κ1) is 17.4. The van der Waals surface area contributed by atoms with Crippen LogP contribution in [0.15, 0.2) is 53.4 Å². The third-order valence-electron chi connectivity index (χ3n) is 3.65. The molecule has 0 bridgehead atoms. The van der Waals surface area contributed by atoms with Gasteiger partial charge in [-0.15, -0.1) is 11.8 Å². The van der Waals surface area contributed by atoms with Gasteiger partial charge < -0.3 is 10.1 Å². The standard InChI is InChI=1S/C19H23NO2S/c1-4-18(15-7-5-14(2)6-8-15)20-19(21)13-23-17-11-9-16(22-3)10-12-17/h5-12,18H,4,13H2,1-3H3,(H,20,21)/t18-/m1/s1. The Hall–Kier alpha value is -1.94. The maximum absolute atomic E-state index is 12.2. The molecule has 0 saturated heterocycles. The largest absolute Gasteiger partial charge is 0.497 e. The summed E-state index contributed by atoms with van der Waals surface area (Å²) in [5.41, 5.74) is 2.38. The predicted octanol–water partition coefficient (Wildman–Crippen LogP) is 4.36. The molecule has 0 aliphatic carbocycles. The number of amides is 1. The van der Waals surface area contributed by atoms with Gasteiger partial charge in [0, 0.05) is 4.90 Å². The Labute approximate surface area is 142 Å². The van der Waals surface area contributed by atoms with Gasteiger partial charge in [0.25, 0.3) is 0 Å². The molecular formula is C19H23NO2S. The average Bonchev–Trinajstić information content (AvgIpc) is 2.59. The number of ether oxygens (including phenoxy) is 1. The number of hydrogen-bond donors (Lipinski definition) is 1. The second-order valence-corrected chi connectivity index (χ2v) is 6.45. The van der Waals surface area contributed by atoms with Crippen LogP contribution in [0, 0.1) is 6.92 Å². The first-order valence-electron chi connectivity index (χ1n) is 7.75. The van der Waals surface area contributed by atoms with Crippen molar-refractivity contribution in [1.29, 1.82) is 0 Å². The number of carbonyl (C=O) groups is 1. The van der Waals surface area contributed by atoms with Gasteiger partial charge in [0.2, 0.25) is 5.91 Å². The minimum absolute atomic E-state index is 0.0539. The minimum atomic E-state index is 0.0539. The molecule has 1 N–H and O–H groups in total. The second-order valence-electron chi connectivity index (χ2n) is 5.40. The summed E-state index contributed by atoms with van der Waals surface area (Å²) >= 11 is 1.53. The van der Waals surface area contributed by atoms with Crippen LogP contribution in [0.5, 0.6) is 5.75 Å². The molecule has 0 aromatic heterocycles. The van der Waals surface area contributed by atoms with E-state index in [1.807, 2.05) is 24.3 Å². The van der Waals surface area contributed by atoms with Crippen LogP contribution in [0.25, 0.3) is 0 Å². The number of methoxy groups -OCH3 is 1. The number of aryl methyl sites for hydroxylation is 1. The maximum Gasteiger partial charge on any atom is 0.230 e. The lowest BCUT2D eigenvalue weighted by molar-refractivity contribution is -0.119. The minimum Gasteiger partial charge on any atom is -0.497 e. The summed E-state index contributed by atoms with van der Waals surface area (Å²) in [5.74, 6) is 1.29. The summed E-state index contributed by atoms with van der Waals surface area (Å²) in [4.78, 5) is 13.3. The molecule has 1 amide bonds. The molecule has 0 spiro atoms. The lowest BCUT2D eigenvalue weighted by Crippen LogP contribution is -2.29. The maximum atomic E-state index is 12.2. The van der Waals surface area contributed by atoms with E-state index in [4.69, 9.17) is 4.74 Å². The highest BCUT2D eigenvalue weighted by atomic mass is 32.2. The van der Waals surface area contributed by atoms with Gasteiger partial charge in [-0.25, -0.2) is 0 Å². The lowest BCUT2D eigenvalue weighted by Gasteiger charge is -2.17. The van der Waals surface area contributed by atoms with E-state index in [9.17, 15) is 4.79 Å². The van der Waals surface area contributed by atoms with E-state index in [0.29, 0.717) is 5.75 Å². The highest BCUT2D eigenvalue weighted by molar-refractivity contribution is 8.00. The summed E-state index contributed by atoms with van der Waals surface area (Å²) in [5, 5.41) is 3.11. The van der Waals surface area contributed by atoms with Crippen molar-refractivity contribution in [2.24, 2.45) is 0 Å².